The third-order valence-corrected chi connectivity index (χ3v) is 3.95. The number of rotatable bonds is 2. The Bertz CT molecular complexity index is 541. The molecule has 0 amide bonds. The molecule has 0 atom stereocenters. The van der Waals surface area contributed by atoms with E-state index in [9.17, 15) is 5.11 Å². The Kier molecular flexibility index (Phi) is 2.96. The van der Waals surface area contributed by atoms with Gasteiger partial charge >= 0.3 is 0 Å². The van der Waals surface area contributed by atoms with Crippen LogP contribution >= 0.6 is 0 Å². The zero-order valence-corrected chi connectivity index (χ0v) is 10.7. The number of hydrogen-bond donors (Lipinski definition) is 1. The number of aliphatic hydroxyl groups excluding tert-OH is 1. The Morgan fingerprint density at radius 1 is 1.33 bits per heavy atom. The van der Waals surface area contributed by atoms with Crippen LogP contribution in [0.15, 0.2) is 24.5 Å². The Labute approximate surface area is 107 Å². The molecule has 0 aliphatic carbocycles. The molecule has 0 radical (unpaired) electrons. The number of anilines is 1. The molecule has 3 rings (SSSR count). The topological polar surface area (TPSA) is 41.3 Å². The van der Waals surface area contributed by atoms with Crippen LogP contribution in [-0.4, -0.2) is 34.4 Å². The van der Waals surface area contributed by atoms with E-state index in [4.69, 9.17) is 0 Å². The number of aliphatic hydroxyl groups is 1. The molecular formula is C14H19N3O. The smallest absolute Gasteiger partial charge is 0.112 e. The van der Waals surface area contributed by atoms with Gasteiger partial charge in [-0.1, -0.05) is 6.07 Å². The Morgan fingerprint density at radius 3 is 2.83 bits per heavy atom. The minimum Gasteiger partial charge on any atom is -0.396 e. The van der Waals surface area contributed by atoms with E-state index in [0.717, 1.165) is 31.4 Å². The second-order valence-corrected chi connectivity index (χ2v) is 5.11. The van der Waals surface area contributed by atoms with Gasteiger partial charge in [0.15, 0.2) is 0 Å². The van der Waals surface area contributed by atoms with Gasteiger partial charge in [-0.3, -0.25) is 0 Å². The van der Waals surface area contributed by atoms with Gasteiger partial charge in [0, 0.05) is 26.7 Å². The van der Waals surface area contributed by atoms with E-state index in [1.807, 2.05) is 13.4 Å². The van der Waals surface area contributed by atoms with Crippen LogP contribution in [0.3, 0.4) is 0 Å². The summed E-state index contributed by atoms with van der Waals surface area (Å²) in [7, 11) is 2.02. The number of para-hydroxylation sites is 1. The summed E-state index contributed by atoms with van der Waals surface area (Å²) in [6.45, 7) is 2.35. The van der Waals surface area contributed by atoms with Gasteiger partial charge in [0.1, 0.15) is 5.52 Å². The van der Waals surface area contributed by atoms with Crippen LogP contribution in [-0.2, 0) is 7.05 Å². The van der Waals surface area contributed by atoms with Crippen LogP contribution in [0, 0.1) is 5.92 Å². The highest BCUT2D eigenvalue weighted by Crippen LogP contribution is 2.28. The minimum atomic E-state index is 0.321. The summed E-state index contributed by atoms with van der Waals surface area (Å²) in [4.78, 5) is 6.89. The van der Waals surface area contributed by atoms with Crippen molar-refractivity contribution >= 4 is 16.7 Å². The van der Waals surface area contributed by atoms with Crippen molar-refractivity contribution in [2.45, 2.75) is 12.8 Å². The molecule has 1 aliphatic heterocycles. The summed E-state index contributed by atoms with van der Waals surface area (Å²) >= 11 is 0. The molecule has 2 aromatic rings. The number of hydrogen-bond acceptors (Lipinski definition) is 3. The highest BCUT2D eigenvalue weighted by Gasteiger charge is 2.20. The predicted octanol–water partition coefficient (Wildman–Crippen LogP) is 1.78. The van der Waals surface area contributed by atoms with E-state index >= 15 is 0 Å². The van der Waals surface area contributed by atoms with Crippen LogP contribution in [0.2, 0.25) is 0 Å². The van der Waals surface area contributed by atoms with Gasteiger partial charge < -0.3 is 14.6 Å². The molecule has 0 unspecified atom stereocenters. The first-order chi connectivity index (χ1) is 8.79. The molecule has 18 heavy (non-hydrogen) atoms. The first kappa shape index (κ1) is 11.5. The standard InChI is InChI=1S/C14H19N3O/c1-16-10-15-14-12(16)3-2-4-13(14)17-7-5-11(9-18)6-8-17/h2-4,10-11,18H,5-9H2,1H3. The minimum absolute atomic E-state index is 0.321. The van der Waals surface area contributed by atoms with Gasteiger partial charge in [0.05, 0.1) is 17.5 Å². The molecule has 0 saturated carbocycles. The zero-order chi connectivity index (χ0) is 12.5. The highest BCUT2D eigenvalue weighted by molar-refractivity contribution is 5.89. The third-order valence-electron chi connectivity index (χ3n) is 3.95. The Morgan fingerprint density at radius 2 is 2.11 bits per heavy atom. The predicted molar refractivity (Wildman–Crippen MR) is 72.7 cm³/mol. The molecule has 4 nitrogen and oxygen atoms in total. The summed E-state index contributed by atoms with van der Waals surface area (Å²) in [5.74, 6) is 0.476. The molecule has 1 N–H and O–H groups in total. The lowest BCUT2D eigenvalue weighted by Crippen LogP contribution is -2.34. The third kappa shape index (κ3) is 1.86. The van der Waals surface area contributed by atoms with E-state index in [2.05, 4.69) is 32.7 Å². The number of nitrogens with zero attached hydrogens (tertiary/aromatic N) is 3. The lowest BCUT2D eigenvalue weighted by Gasteiger charge is -2.33. The molecule has 96 valence electrons. The molecular weight excluding hydrogens is 226 g/mol. The van der Waals surface area contributed by atoms with E-state index in [1.54, 1.807) is 0 Å². The van der Waals surface area contributed by atoms with Crippen LogP contribution in [0.4, 0.5) is 5.69 Å². The van der Waals surface area contributed by atoms with E-state index in [0.29, 0.717) is 12.5 Å². The van der Waals surface area contributed by atoms with Gasteiger partial charge in [-0.05, 0) is 30.9 Å². The van der Waals surface area contributed by atoms with Crippen molar-refractivity contribution in [1.82, 2.24) is 9.55 Å². The molecule has 0 bridgehead atoms. The van der Waals surface area contributed by atoms with Crippen LogP contribution < -0.4 is 4.90 Å². The average Bonchev–Trinajstić information content (AvgIpc) is 2.81. The number of aryl methyl sites for hydroxylation is 1. The second-order valence-electron chi connectivity index (χ2n) is 5.11. The first-order valence-electron chi connectivity index (χ1n) is 6.55. The van der Waals surface area contributed by atoms with Gasteiger partial charge in [-0.15, -0.1) is 0 Å². The van der Waals surface area contributed by atoms with Crippen LogP contribution in [0.1, 0.15) is 12.8 Å². The van der Waals surface area contributed by atoms with E-state index < -0.39 is 0 Å². The number of fused-ring (bicyclic) bond motifs is 1. The van der Waals surface area contributed by atoms with Crippen molar-refractivity contribution < 1.29 is 5.11 Å². The quantitative estimate of drug-likeness (QED) is 0.877. The van der Waals surface area contributed by atoms with Crippen LogP contribution in [0.25, 0.3) is 11.0 Å². The molecule has 1 aromatic heterocycles. The van der Waals surface area contributed by atoms with E-state index in [-0.39, 0.29) is 0 Å². The summed E-state index contributed by atoms with van der Waals surface area (Å²) in [6, 6.07) is 6.35. The number of aromatic nitrogens is 2. The van der Waals surface area contributed by atoms with Crippen molar-refractivity contribution in [3.05, 3.63) is 24.5 Å². The van der Waals surface area contributed by atoms with Gasteiger partial charge in [0.2, 0.25) is 0 Å². The van der Waals surface area contributed by atoms with Gasteiger partial charge in [0.25, 0.3) is 0 Å². The van der Waals surface area contributed by atoms with Crippen molar-refractivity contribution in [1.29, 1.82) is 0 Å². The maximum absolute atomic E-state index is 9.19. The monoisotopic (exact) mass is 245 g/mol. The lowest BCUT2D eigenvalue weighted by atomic mass is 9.97. The summed E-state index contributed by atoms with van der Waals surface area (Å²) in [6.07, 6.45) is 4.01. The fraction of sp³-hybridized carbons (Fsp3) is 0.500. The maximum atomic E-state index is 9.19. The van der Waals surface area contributed by atoms with Crippen molar-refractivity contribution in [2.24, 2.45) is 13.0 Å². The summed E-state index contributed by atoms with van der Waals surface area (Å²) < 4.78 is 2.05. The zero-order valence-electron chi connectivity index (χ0n) is 10.7. The second kappa shape index (κ2) is 4.61. The van der Waals surface area contributed by atoms with Gasteiger partial charge in [-0.25, -0.2) is 4.98 Å². The normalized spacial score (nSPS) is 17.6. The molecule has 0 spiro atoms. The first-order valence-corrected chi connectivity index (χ1v) is 6.55. The van der Waals surface area contributed by atoms with E-state index in [1.165, 1.54) is 11.2 Å². The highest BCUT2D eigenvalue weighted by atomic mass is 16.3. The Hall–Kier alpha value is -1.55. The fourth-order valence-electron chi connectivity index (χ4n) is 2.75. The number of benzene rings is 1. The number of imidazole rings is 1. The molecule has 2 heterocycles. The fourth-order valence-corrected chi connectivity index (χ4v) is 2.75. The summed E-state index contributed by atoms with van der Waals surface area (Å²) in [5.41, 5.74) is 3.49. The molecule has 1 fully saturated rings. The Balaban J connectivity index is 1.91. The largest absolute Gasteiger partial charge is 0.396 e. The van der Waals surface area contributed by atoms with Crippen molar-refractivity contribution in [2.75, 3.05) is 24.6 Å². The molecule has 1 aliphatic rings. The lowest BCUT2D eigenvalue weighted by molar-refractivity contribution is 0.203. The molecule has 1 aromatic carbocycles. The molecule has 1 saturated heterocycles. The maximum Gasteiger partial charge on any atom is 0.112 e. The average molecular weight is 245 g/mol. The van der Waals surface area contributed by atoms with Crippen molar-refractivity contribution in [3.63, 3.8) is 0 Å². The van der Waals surface area contributed by atoms with Crippen molar-refractivity contribution in [3.8, 4) is 0 Å². The SMILES string of the molecule is Cn1cnc2c(N3CCC(CO)CC3)cccc21. The van der Waals surface area contributed by atoms with Gasteiger partial charge in [-0.2, -0.15) is 0 Å². The molecule has 4 heteroatoms. The number of piperidine rings is 1. The van der Waals surface area contributed by atoms with Crippen LogP contribution in [0.5, 0.6) is 0 Å². The summed E-state index contributed by atoms with van der Waals surface area (Å²) in [5, 5.41) is 9.19.